The second-order valence-corrected chi connectivity index (χ2v) is 4.49. The Bertz CT molecular complexity index is 465. The molecule has 0 fully saturated rings. The van der Waals surface area contributed by atoms with Crippen molar-refractivity contribution in [1.29, 1.82) is 0 Å². The van der Waals surface area contributed by atoms with Gasteiger partial charge in [-0.05, 0) is 25.0 Å². The van der Waals surface area contributed by atoms with Crippen LogP contribution in [0.1, 0.15) is 25.7 Å². The van der Waals surface area contributed by atoms with Crippen molar-refractivity contribution in [3.63, 3.8) is 0 Å². The third kappa shape index (κ3) is 5.56. The van der Waals surface area contributed by atoms with E-state index < -0.39 is 10.9 Å². The average molecular weight is 287 g/mol. The summed E-state index contributed by atoms with van der Waals surface area (Å²) in [6.07, 6.45) is 2.26. The lowest BCUT2D eigenvalue weighted by Gasteiger charge is -2.07. The summed E-state index contributed by atoms with van der Waals surface area (Å²) in [6.45, 7) is 0.542. The van der Waals surface area contributed by atoms with Crippen LogP contribution in [0, 0.1) is 10.1 Å². The summed E-state index contributed by atoms with van der Waals surface area (Å²) >= 11 is 5.79. The van der Waals surface area contributed by atoms with Gasteiger partial charge < -0.3 is 10.4 Å². The van der Waals surface area contributed by atoms with E-state index in [1.807, 2.05) is 0 Å². The van der Waals surface area contributed by atoms with Crippen LogP contribution in [0.5, 0.6) is 0 Å². The molecule has 0 heterocycles. The number of rotatable bonds is 8. The number of nitro groups is 1. The Morgan fingerprint density at radius 1 is 1.37 bits per heavy atom. The van der Waals surface area contributed by atoms with Gasteiger partial charge in [-0.1, -0.05) is 18.0 Å². The van der Waals surface area contributed by atoms with Gasteiger partial charge in [-0.15, -0.1) is 0 Å². The minimum atomic E-state index is -0.807. The van der Waals surface area contributed by atoms with Gasteiger partial charge in [0.1, 0.15) is 5.69 Å². The molecule has 7 heteroatoms. The molecule has 0 amide bonds. The normalized spacial score (nSPS) is 10.2. The molecule has 19 heavy (non-hydrogen) atoms. The summed E-state index contributed by atoms with van der Waals surface area (Å²) in [7, 11) is 0. The number of carboxylic acid groups (broad SMARTS) is 1. The zero-order valence-electron chi connectivity index (χ0n) is 10.3. The van der Waals surface area contributed by atoms with Crippen molar-refractivity contribution in [2.75, 3.05) is 11.9 Å². The fraction of sp³-hybridized carbons (Fsp3) is 0.417. The van der Waals surface area contributed by atoms with Crippen molar-refractivity contribution in [2.24, 2.45) is 0 Å². The van der Waals surface area contributed by atoms with Crippen LogP contribution < -0.4 is 5.32 Å². The molecule has 1 aromatic rings. The molecule has 0 aliphatic carbocycles. The number of benzene rings is 1. The largest absolute Gasteiger partial charge is 0.481 e. The highest BCUT2D eigenvalue weighted by Crippen LogP contribution is 2.27. The molecule has 0 unspecified atom stereocenters. The van der Waals surface area contributed by atoms with Crippen molar-refractivity contribution >= 4 is 28.9 Å². The van der Waals surface area contributed by atoms with E-state index in [2.05, 4.69) is 5.32 Å². The topological polar surface area (TPSA) is 92.5 Å². The summed E-state index contributed by atoms with van der Waals surface area (Å²) in [4.78, 5) is 20.6. The maximum Gasteiger partial charge on any atom is 0.303 e. The maximum absolute atomic E-state index is 10.8. The van der Waals surface area contributed by atoms with E-state index >= 15 is 0 Å². The van der Waals surface area contributed by atoms with Crippen LogP contribution in [0.2, 0.25) is 5.02 Å². The lowest BCUT2D eigenvalue weighted by Crippen LogP contribution is -2.04. The van der Waals surface area contributed by atoms with E-state index in [1.165, 1.54) is 18.2 Å². The van der Waals surface area contributed by atoms with Crippen LogP contribution in [0.15, 0.2) is 18.2 Å². The number of carboxylic acids is 1. The van der Waals surface area contributed by atoms with Crippen LogP contribution in [0.3, 0.4) is 0 Å². The molecular weight excluding hydrogens is 272 g/mol. The Balaban J connectivity index is 2.42. The summed E-state index contributed by atoms with van der Waals surface area (Å²) < 4.78 is 0. The number of carbonyl (C=O) groups is 1. The predicted octanol–water partition coefficient (Wildman–Crippen LogP) is 3.31. The summed E-state index contributed by atoms with van der Waals surface area (Å²) in [5.74, 6) is -0.807. The van der Waals surface area contributed by atoms with Gasteiger partial charge in [-0.25, -0.2) is 0 Å². The van der Waals surface area contributed by atoms with Crippen molar-refractivity contribution in [1.82, 2.24) is 0 Å². The van der Waals surface area contributed by atoms with Gasteiger partial charge in [0.2, 0.25) is 0 Å². The minimum Gasteiger partial charge on any atom is -0.481 e. The Labute approximate surface area is 115 Å². The monoisotopic (exact) mass is 286 g/mol. The first-order valence-electron chi connectivity index (χ1n) is 5.90. The first-order chi connectivity index (χ1) is 9.00. The van der Waals surface area contributed by atoms with Crippen LogP contribution in [-0.4, -0.2) is 22.5 Å². The second-order valence-electron chi connectivity index (χ2n) is 4.05. The average Bonchev–Trinajstić information content (AvgIpc) is 2.33. The van der Waals surface area contributed by atoms with Crippen molar-refractivity contribution in [2.45, 2.75) is 25.7 Å². The van der Waals surface area contributed by atoms with Gasteiger partial charge in [-0.3, -0.25) is 14.9 Å². The van der Waals surface area contributed by atoms with Crippen LogP contribution >= 0.6 is 11.6 Å². The van der Waals surface area contributed by atoms with Crippen LogP contribution in [0.4, 0.5) is 11.4 Å². The molecule has 0 aliphatic rings. The van der Waals surface area contributed by atoms with Gasteiger partial charge in [-0.2, -0.15) is 0 Å². The number of unbranched alkanes of at least 4 members (excludes halogenated alkanes) is 2. The van der Waals surface area contributed by atoms with Gasteiger partial charge in [0.15, 0.2) is 0 Å². The molecular formula is C12H15ClN2O4. The van der Waals surface area contributed by atoms with Gasteiger partial charge in [0.25, 0.3) is 5.69 Å². The molecule has 1 rings (SSSR count). The van der Waals surface area contributed by atoms with E-state index in [-0.39, 0.29) is 12.1 Å². The molecule has 6 nitrogen and oxygen atoms in total. The highest BCUT2D eigenvalue weighted by molar-refractivity contribution is 6.31. The van der Waals surface area contributed by atoms with Gasteiger partial charge in [0.05, 0.1) is 4.92 Å². The molecule has 0 bridgehead atoms. The molecule has 0 radical (unpaired) electrons. The number of nitrogens with zero attached hydrogens (tertiary/aromatic N) is 1. The summed E-state index contributed by atoms with van der Waals surface area (Å²) in [6, 6.07) is 4.34. The lowest BCUT2D eigenvalue weighted by atomic mass is 10.2. The molecule has 2 N–H and O–H groups in total. The highest BCUT2D eigenvalue weighted by Gasteiger charge is 2.13. The molecule has 0 spiro atoms. The third-order valence-corrected chi connectivity index (χ3v) is 2.77. The molecule has 1 aromatic carbocycles. The summed E-state index contributed by atoms with van der Waals surface area (Å²) in [5, 5.41) is 22.7. The second kappa shape index (κ2) is 7.58. The Hall–Kier alpha value is -1.82. The van der Waals surface area contributed by atoms with E-state index in [1.54, 1.807) is 0 Å². The highest BCUT2D eigenvalue weighted by atomic mass is 35.5. The molecule has 104 valence electrons. The number of aliphatic carboxylic acids is 1. The molecule has 0 aliphatic heterocycles. The SMILES string of the molecule is O=C(O)CCCCCNc1cc(Cl)ccc1[N+](=O)[O-]. The lowest BCUT2D eigenvalue weighted by molar-refractivity contribution is -0.384. The Morgan fingerprint density at radius 3 is 2.74 bits per heavy atom. The number of hydrogen-bond acceptors (Lipinski definition) is 4. The number of hydrogen-bond donors (Lipinski definition) is 2. The third-order valence-electron chi connectivity index (χ3n) is 2.54. The number of nitro benzene ring substituents is 1. The molecule has 0 aromatic heterocycles. The zero-order valence-corrected chi connectivity index (χ0v) is 11.0. The quantitative estimate of drug-likeness (QED) is 0.434. The molecule has 0 saturated carbocycles. The maximum atomic E-state index is 10.8. The minimum absolute atomic E-state index is 0.0186. The van der Waals surface area contributed by atoms with Gasteiger partial charge in [0, 0.05) is 24.1 Å². The van der Waals surface area contributed by atoms with E-state index in [0.29, 0.717) is 23.7 Å². The number of nitrogens with one attached hydrogen (secondary N) is 1. The van der Waals surface area contributed by atoms with E-state index in [4.69, 9.17) is 16.7 Å². The Kier molecular flexibility index (Phi) is 6.08. The Morgan fingerprint density at radius 2 is 2.11 bits per heavy atom. The first kappa shape index (κ1) is 15.2. The fourth-order valence-electron chi connectivity index (χ4n) is 1.61. The summed E-state index contributed by atoms with van der Waals surface area (Å²) in [5.41, 5.74) is 0.366. The van der Waals surface area contributed by atoms with Crippen molar-refractivity contribution in [3.8, 4) is 0 Å². The van der Waals surface area contributed by atoms with Crippen LogP contribution in [0.25, 0.3) is 0 Å². The number of halogens is 1. The van der Waals surface area contributed by atoms with E-state index in [9.17, 15) is 14.9 Å². The molecule has 0 atom stereocenters. The standard InChI is InChI=1S/C12H15ClN2O4/c13-9-5-6-11(15(18)19)10(8-9)14-7-3-1-2-4-12(16)17/h5-6,8,14H,1-4,7H2,(H,16,17). The predicted molar refractivity (Wildman–Crippen MR) is 72.7 cm³/mol. The van der Waals surface area contributed by atoms with Gasteiger partial charge >= 0.3 is 5.97 Å². The van der Waals surface area contributed by atoms with Crippen molar-refractivity contribution < 1.29 is 14.8 Å². The van der Waals surface area contributed by atoms with Crippen molar-refractivity contribution in [3.05, 3.63) is 33.3 Å². The number of anilines is 1. The molecule has 0 saturated heterocycles. The first-order valence-corrected chi connectivity index (χ1v) is 6.28. The van der Waals surface area contributed by atoms with E-state index in [0.717, 1.165) is 12.8 Å². The fourth-order valence-corrected chi connectivity index (χ4v) is 1.78. The zero-order chi connectivity index (χ0) is 14.3. The smallest absolute Gasteiger partial charge is 0.303 e. The van der Waals surface area contributed by atoms with Crippen LogP contribution in [-0.2, 0) is 4.79 Å².